The van der Waals surface area contributed by atoms with E-state index in [1.54, 1.807) is 12.1 Å². The van der Waals surface area contributed by atoms with E-state index in [-0.39, 0.29) is 10.6 Å². The average Bonchev–Trinajstić information content (AvgIpc) is 3.19. The third kappa shape index (κ3) is 4.13. The molecular formula is C19H17N5O3S2. The zero-order chi connectivity index (χ0) is 20.3. The molecule has 2 heterocycles. The number of morpholine rings is 1. The van der Waals surface area contributed by atoms with Crippen LogP contribution in [-0.4, -0.2) is 49.7 Å². The van der Waals surface area contributed by atoms with Crippen molar-refractivity contribution in [1.82, 2.24) is 9.29 Å². The Labute approximate surface area is 172 Å². The lowest BCUT2D eigenvalue weighted by Crippen LogP contribution is -2.40. The van der Waals surface area contributed by atoms with Gasteiger partial charge in [0.2, 0.25) is 10.0 Å². The van der Waals surface area contributed by atoms with Crippen LogP contribution in [0.5, 0.6) is 0 Å². The zero-order valence-electron chi connectivity index (χ0n) is 15.3. The molecule has 0 bridgehead atoms. The number of hydrazone groups is 1. The van der Waals surface area contributed by atoms with Crippen molar-refractivity contribution in [3.05, 3.63) is 53.5 Å². The van der Waals surface area contributed by atoms with E-state index in [1.807, 2.05) is 30.3 Å². The lowest BCUT2D eigenvalue weighted by Gasteiger charge is -2.26. The molecule has 1 aliphatic rings. The van der Waals surface area contributed by atoms with Gasteiger partial charge in [0, 0.05) is 13.1 Å². The molecule has 29 heavy (non-hydrogen) atoms. The Kier molecular flexibility index (Phi) is 5.55. The van der Waals surface area contributed by atoms with E-state index in [0.29, 0.717) is 37.0 Å². The summed E-state index contributed by atoms with van der Waals surface area (Å²) in [6.07, 6.45) is 0. The van der Waals surface area contributed by atoms with Crippen LogP contribution in [0, 0.1) is 11.3 Å². The monoisotopic (exact) mass is 427 g/mol. The number of fused-ring (bicyclic) bond motifs is 1. The number of hydrogen-bond acceptors (Lipinski definition) is 8. The molecule has 1 saturated heterocycles. The molecule has 1 aromatic heterocycles. The van der Waals surface area contributed by atoms with Gasteiger partial charge < -0.3 is 4.74 Å². The molecule has 0 aliphatic carbocycles. The summed E-state index contributed by atoms with van der Waals surface area (Å²) in [4.78, 5) is 4.63. The van der Waals surface area contributed by atoms with Gasteiger partial charge in [-0.1, -0.05) is 12.1 Å². The molecule has 2 aromatic carbocycles. The van der Waals surface area contributed by atoms with Crippen molar-refractivity contribution >= 4 is 43.0 Å². The minimum absolute atomic E-state index is 0.163. The summed E-state index contributed by atoms with van der Waals surface area (Å²) in [6, 6.07) is 15.9. The van der Waals surface area contributed by atoms with Crippen LogP contribution >= 0.6 is 11.3 Å². The van der Waals surface area contributed by atoms with Gasteiger partial charge in [0.1, 0.15) is 6.07 Å². The first-order valence-corrected chi connectivity index (χ1v) is 11.1. The summed E-state index contributed by atoms with van der Waals surface area (Å²) in [5.74, 6) is 0. The highest BCUT2D eigenvalue weighted by Crippen LogP contribution is 2.23. The van der Waals surface area contributed by atoms with Gasteiger partial charge >= 0.3 is 0 Å². The first-order chi connectivity index (χ1) is 14.1. The standard InChI is InChI=1S/C19H17N5O3S2/c20-13-17(19-21-16-3-1-2-4-18(16)28-19)23-22-14-5-7-15(8-6-14)29(25,26)24-9-11-27-12-10-24/h1-8,22H,9-12H2/b23-17-. The molecule has 1 aliphatic heterocycles. The number of ether oxygens (including phenoxy) is 1. The second kappa shape index (κ2) is 8.26. The fourth-order valence-electron chi connectivity index (χ4n) is 2.85. The van der Waals surface area contributed by atoms with E-state index in [0.717, 1.165) is 10.2 Å². The summed E-state index contributed by atoms with van der Waals surface area (Å²) < 4.78 is 32.9. The molecule has 1 fully saturated rings. The van der Waals surface area contributed by atoms with E-state index in [1.165, 1.54) is 27.8 Å². The van der Waals surface area contributed by atoms with E-state index >= 15 is 0 Å². The van der Waals surface area contributed by atoms with Crippen molar-refractivity contribution in [3.63, 3.8) is 0 Å². The van der Waals surface area contributed by atoms with Crippen LogP contribution in [0.25, 0.3) is 10.2 Å². The van der Waals surface area contributed by atoms with Gasteiger partial charge in [-0.05, 0) is 36.4 Å². The number of benzene rings is 2. The van der Waals surface area contributed by atoms with E-state index in [9.17, 15) is 13.7 Å². The van der Waals surface area contributed by atoms with Gasteiger partial charge in [-0.2, -0.15) is 14.7 Å². The summed E-state index contributed by atoms with van der Waals surface area (Å²) >= 11 is 1.39. The molecule has 148 valence electrons. The van der Waals surface area contributed by atoms with Crippen LogP contribution in [0.1, 0.15) is 5.01 Å². The first-order valence-electron chi connectivity index (χ1n) is 8.85. The molecule has 8 nitrogen and oxygen atoms in total. The van der Waals surface area contributed by atoms with E-state index < -0.39 is 10.0 Å². The second-order valence-corrected chi connectivity index (χ2v) is 9.18. The van der Waals surface area contributed by atoms with Crippen molar-refractivity contribution < 1.29 is 13.2 Å². The topological polar surface area (TPSA) is 108 Å². The van der Waals surface area contributed by atoms with Gasteiger partial charge in [0.15, 0.2) is 10.7 Å². The number of thiazole rings is 1. The van der Waals surface area contributed by atoms with E-state index in [4.69, 9.17) is 4.74 Å². The zero-order valence-corrected chi connectivity index (χ0v) is 16.9. The summed E-state index contributed by atoms with van der Waals surface area (Å²) in [6.45, 7) is 1.49. The fourth-order valence-corrected chi connectivity index (χ4v) is 5.17. The maximum absolute atomic E-state index is 12.7. The predicted octanol–water partition coefficient (Wildman–Crippen LogP) is 2.66. The highest BCUT2D eigenvalue weighted by Gasteiger charge is 2.26. The number of hydrogen-bond donors (Lipinski definition) is 1. The molecule has 0 amide bonds. The Bertz CT molecular complexity index is 1160. The third-order valence-electron chi connectivity index (χ3n) is 4.36. The lowest BCUT2D eigenvalue weighted by atomic mass is 10.3. The van der Waals surface area contributed by atoms with Crippen LogP contribution in [0.2, 0.25) is 0 Å². The van der Waals surface area contributed by atoms with Crippen molar-refractivity contribution in [2.24, 2.45) is 5.10 Å². The molecule has 0 spiro atoms. The number of nitriles is 1. The molecule has 0 atom stereocenters. The second-order valence-electron chi connectivity index (χ2n) is 6.21. The van der Waals surface area contributed by atoms with Gasteiger partial charge in [0.25, 0.3) is 0 Å². The number of nitrogens with one attached hydrogen (secondary N) is 1. The largest absolute Gasteiger partial charge is 0.379 e. The molecule has 0 radical (unpaired) electrons. The molecule has 3 aromatic rings. The first kappa shape index (κ1) is 19.5. The SMILES string of the molecule is N#C/C(=N/Nc1ccc(S(=O)(=O)N2CCOCC2)cc1)c1nc2ccccc2s1. The predicted molar refractivity (Wildman–Crippen MR) is 111 cm³/mol. The maximum atomic E-state index is 12.7. The molecule has 4 rings (SSSR count). The molecule has 0 unspecified atom stereocenters. The molecule has 1 N–H and O–H groups in total. The van der Waals surface area contributed by atoms with Crippen LogP contribution < -0.4 is 5.43 Å². The van der Waals surface area contributed by atoms with Crippen LogP contribution in [0.15, 0.2) is 58.5 Å². The number of rotatable bonds is 5. The Morgan fingerprint density at radius 2 is 1.90 bits per heavy atom. The normalized spacial score (nSPS) is 15.9. The number of aromatic nitrogens is 1. The lowest BCUT2D eigenvalue weighted by molar-refractivity contribution is 0.0730. The molecule has 10 heteroatoms. The number of nitrogens with zero attached hydrogens (tertiary/aromatic N) is 4. The van der Waals surface area contributed by atoms with Gasteiger partial charge in [-0.3, -0.25) is 5.43 Å². The number of para-hydroxylation sites is 1. The average molecular weight is 428 g/mol. The minimum atomic E-state index is -3.54. The van der Waals surface area contributed by atoms with E-state index in [2.05, 4.69) is 15.5 Å². The van der Waals surface area contributed by atoms with Gasteiger partial charge in [-0.15, -0.1) is 11.3 Å². The maximum Gasteiger partial charge on any atom is 0.243 e. The summed E-state index contributed by atoms with van der Waals surface area (Å²) in [5.41, 5.74) is 4.35. The molecule has 0 saturated carbocycles. The van der Waals surface area contributed by atoms with Crippen molar-refractivity contribution in [2.75, 3.05) is 31.7 Å². The third-order valence-corrected chi connectivity index (χ3v) is 7.32. The Hall–Kier alpha value is -2.84. The highest BCUT2D eigenvalue weighted by atomic mass is 32.2. The summed E-state index contributed by atoms with van der Waals surface area (Å²) in [7, 11) is -3.54. The van der Waals surface area contributed by atoms with Gasteiger partial charge in [-0.25, -0.2) is 13.4 Å². The van der Waals surface area contributed by atoms with Gasteiger partial charge in [0.05, 0.1) is 34.0 Å². The van der Waals surface area contributed by atoms with Crippen molar-refractivity contribution in [2.45, 2.75) is 4.90 Å². The Morgan fingerprint density at radius 3 is 2.59 bits per heavy atom. The van der Waals surface area contributed by atoms with Crippen LogP contribution in [-0.2, 0) is 14.8 Å². The number of sulfonamides is 1. The fraction of sp³-hybridized carbons (Fsp3) is 0.211. The van der Waals surface area contributed by atoms with Crippen molar-refractivity contribution in [1.29, 1.82) is 5.26 Å². The van der Waals surface area contributed by atoms with Crippen molar-refractivity contribution in [3.8, 4) is 6.07 Å². The Balaban J connectivity index is 1.51. The minimum Gasteiger partial charge on any atom is -0.379 e. The molecular weight excluding hydrogens is 410 g/mol. The summed E-state index contributed by atoms with van der Waals surface area (Å²) in [5, 5.41) is 14.1. The highest BCUT2D eigenvalue weighted by molar-refractivity contribution is 7.89. The number of anilines is 1. The van der Waals surface area contributed by atoms with Crippen LogP contribution in [0.4, 0.5) is 5.69 Å². The van der Waals surface area contributed by atoms with Crippen LogP contribution in [0.3, 0.4) is 0 Å². The smallest absolute Gasteiger partial charge is 0.243 e. The Morgan fingerprint density at radius 1 is 1.17 bits per heavy atom. The quantitative estimate of drug-likeness (QED) is 0.495.